The van der Waals surface area contributed by atoms with Gasteiger partial charge in [-0.25, -0.2) is 4.79 Å². The van der Waals surface area contributed by atoms with Gasteiger partial charge >= 0.3 is 11.9 Å². The summed E-state index contributed by atoms with van der Waals surface area (Å²) in [5, 5.41) is 7.80. The monoisotopic (exact) mass is 544 g/mol. The Bertz CT molecular complexity index is 1220. The fraction of sp³-hybridized carbons (Fsp3) is 0.441. The van der Waals surface area contributed by atoms with Gasteiger partial charge in [0.15, 0.2) is 0 Å². The lowest BCUT2D eigenvalue weighted by Gasteiger charge is -2.16. The first-order chi connectivity index (χ1) is 19.5. The smallest absolute Gasteiger partial charge is 0.397 e. The third kappa shape index (κ3) is 10.1. The summed E-state index contributed by atoms with van der Waals surface area (Å²) in [4.78, 5) is 37.2. The van der Waals surface area contributed by atoms with Crippen LogP contribution < -0.4 is 10.6 Å². The highest BCUT2D eigenvalue weighted by Gasteiger charge is 2.20. The van der Waals surface area contributed by atoms with Gasteiger partial charge in [-0.05, 0) is 47.4 Å². The minimum atomic E-state index is -0.939. The Labute approximate surface area is 238 Å². The van der Waals surface area contributed by atoms with Crippen LogP contribution in [0.3, 0.4) is 0 Å². The van der Waals surface area contributed by atoms with Gasteiger partial charge in [-0.2, -0.15) is 0 Å². The molecule has 3 aromatic rings. The van der Waals surface area contributed by atoms with Gasteiger partial charge in [0.2, 0.25) is 0 Å². The molecule has 6 nitrogen and oxygen atoms in total. The van der Waals surface area contributed by atoms with Crippen molar-refractivity contribution in [3.05, 3.63) is 83.4 Å². The summed E-state index contributed by atoms with van der Waals surface area (Å²) in [5.41, 5.74) is 2.19. The molecule has 0 aliphatic rings. The average Bonchev–Trinajstić information content (AvgIpc) is 2.98. The van der Waals surface area contributed by atoms with Crippen molar-refractivity contribution in [1.82, 2.24) is 10.6 Å². The van der Waals surface area contributed by atoms with E-state index in [2.05, 4.69) is 17.6 Å². The van der Waals surface area contributed by atoms with Crippen LogP contribution in [0.15, 0.2) is 66.7 Å². The van der Waals surface area contributed by atoms with Gasteiger partial charge in [0, 0.05) is 12.1 Å². The predicted molar refractivity (Wildman–Crippen MR) is 161 cm³/mol. The van der Waals surface area contributed by atoms with Gasteiger partial charge in [-0.3, -0.25) is 9.59 Å². The number of hydrogen-bond donors (Lipinski definition) is 2. The minimum Gasteiger partial charge on any atom is -0.454 e. The quantitative estimate of drug-likeness (QED) is 0.112. The van der Waals surface area contributed by atoms with Crippen molar-refractivity contribution in [2.24, 2.45) is 0 Å². The van der Waals surface area contributed by atoms with Gasteiger partial charge in [-0.15, -0.1) is 0 Å². The summed E-state index contributed by atoms with van der Waals surface area (Å²) >= 11 is 0. The van der Waals surface area contributed by atoms with Gasteiger partial charge in [-0.1, -0.05) is 119 Å². The lowest BCUT2D eigenvalue weighted by molar-refractivity contribution is -0.156. The maximum absolute atomic E-state index is 12.4. The zero-order valence-corrected chi connectivity index (χ0v) is 24.0. The highest BCUT2D eigenvalue weighted by molar-refractivity contribution is 6.32. The van der Waals surface area contributed by atoms with Gasteiger partial charge in [0.1, 0.15) is 6.61 Å². The number of amides is 2. The van der Waals surface area contributed by atoms with Crippen molar-refractivity contribution < 1.29 is 19.1 Å². The maximum Gasteiger partial charge on any atom is 0.397 e. The van der Waals surface area contributed by atoms with Crippen LogP contribution in [0, 0.1) is 0 Å². The second kappa shape index (κ2) is 17.1. The molecular weight excluding hydrogens is 500 g/mol. The van der Waals surface area contributed by atoms with Crippen molar-refractivity contribution in [2.75, 3.05) is 6.54 Å². The molecule has 2 amide bonds. The van der Waals surface area contributed by atoms with E-state index in [0.717, 1.165) is 29.2 Å². The van der Waals surface area contributed by atoms with E-state index in [1.54, 1.807) is 24.3 Å². The molecule has 1 unspecified atom stereocenters. The minimum absolute atomic E-state index is 0.0462. The van der Waals surface area contributed by atoms with Gasteiger partial charge in [0.25, 0.3) is 5.91 Å². The molecule has 0 aliphatic carbocycles. The molecule has 0 radical (unpaired) electrons. The predicted octanol–water partition coefficient (Wildman–Crippen LogP) is 7.41. The number of ether oxygens (including phenoxy) is 1. The molecule has 6 heteroatoms. The third-order valence-electron chi connectivity index (χ3n) is 7.22. The van der Waals surface area contributed by atoms with E-state index in [4.69, 9.17) is 4.74 Å². The molecule has 3 aromatic carbocycles. The fourth-order valence-electron chi connectivity index (χ4n) is 4.84. The SMILES string of the molecule is CCCCCCCCCCCCNC(=O)c1ccc(COC(=O)C(=O)NC(C)c2cccc3ccccc23)cc1. The largest absolute Gasteiger partial charge is 0.454 e. The summed E-state index contributed by atoms with van der Waals surface area (Å²) in [5.74, 6) is -1.84. The number of carbonyl (C=O) groups excluding carboxylic acids is 3. The number of esters is 1. The van der Waals surface area contributed by atoms with Crippen LogP contribution in [0.1, 0.15) is 106 Å². The van der Waals surface area contributed by atoms with Crippen LogP contribution in [0.4, 0.5) is 0 Å². The van der Waals surface area contributed by atoms with E-state index >= 15 is 0 Å². The van der Waals surface area contributed by atoms with Crippen LogP contribution in [0.2, 0.25) is 0 Å². The molecular formula is C34H44N2O4. The first-order valence-corrected chi connectivity index (χ1v) is 14.8. The third-order valence-corrected chi connectivity index (χ3v) is 7.22. The molecule has 0 aromatic heterocycles. The van der Waals surface area contributed by atoms with Crippen LogP contribution >= 0.6 is 0 Å². The highest BCUT2D eigenvalue weighted by Crippen LogP contribution is 2.24. The number of hydrogen-bond acceptors (Lipinski definition) is 4. The van der Waals surface area contributed by atoms with Crippen molar-refractivity contribution >= 4 is 28.6 Å². The number of benzene rings is 3. The van der Waals surface area contributed by atoms with E-state index in [0.29, 0.717) is 17.7 Å². The standard InChI is InChI=1S/C34H44N2O4/c1-3-4-5-6-7-8-9-10-11-14-24-35-32(37)29-22-20-27(21-23-29)25-40-34(39)33(38)36-26(2)30-19-15-17-28-16-12-13-18-31(28)30/h12-13,15-23,26H,3-11,14,24-25H2,1-2H3,(H,35,37)(H,36,38). The molecule has 0 heterocycles. The molecule has 1 atom stereocenters. The topological polar surface area (TPSA) is 84.5 Å². The Morgan fingerprint density at radius 1 is 0.750 bits per heavy atom. The lowest BCUT2D eigenvalue weighted by Crippen LogP contribution is -2.34. The fourth-order valence-corrected chi connectivity index (χ4v) is 4.84. The molecule has 0 saturated carbocycles. The number of rotatable bonds is 16. The first kappa shape index (κ1) is 30.9. The Kier molecular flexibility index (Phi) is 13.2. The Morgan fingerprint density at radius 2 is 1.38 bits per heavy atom. The van der Waals surface area contributed by atoms with Crippen molar-refractivity contribution in [2.45, 2.75) is 90.7 Å². The highest BCUT2D eigenvalue weighted by atomic mass is 16.5. The summed E-state index contributed by atoms with van der Waals surface area (Å²) < 4.78 is 5.21. The molecule has 214 valence electrons. The lowest BCUT2D eigenvalue weighted by atomic mass is 10.00. The number of fused-ring (bicyclic) bond motifs is 1. The molecule has 0 aliphatic heterocycles. The van der Waals surface area contributed by atoms with Crippen LogP contribution in [-0.4, -0.2) is 24.3 Å². The molecule has 0 fully saturated rings. The van der Waals surface area contributed by atoms with Crippen molar-refractivity contribution in [1.29, 1.82) is 0 Å². The summed E-state index contributed by atoms with van der Waals surface area (Å²) in [6.45, 7) is 4.70. The van der Waals surface area contributed by atoms with Crippen molar-refractivity contribution in [3.8, 4) is 0 Å². The summed E-state index contributed by atoms with van der Waals surface area (Å²) in [6.07, 6.45) is 12.6. The van der Waals surface area contributed by atoms with E-state index in [9.17, 15) is 14.4 Å². The van der Waals surface area contributed by atoms with Crippen LogP contribution in [0.5, 0.6) is 0 Å². The molecule has 40 heavy (non-hydrogen) atoms. The van der Waals surface area contributed by atoms with Crippen LogP contribution in [-0.2, 0) is 20.9 Å². The van der Waals surface area contributed by atoms with E-state index in [-0.39, 0.29) is 18.6 Å². The van der Waals surface area contributed by atoms with E-state index in [1.807, 2.05) is 49.4 Å². The first-order valence-electron chi connectivity index (χ1n) is 14.8. The second-order valence-electron chi connectivity index (χ2n) is 10.5. The molecule has 0 bridgehead atoms. The van der Waals surface area contributed by atoms with E-state index in [1.165, 1.54) is 51.4 Å². The second-order valence-corrected chi connectivity index (χ2v) is 10.5. The average molecular weight is 545 g/mol. The zero-order chi connectivity index (χ0) is 28.6. The molecule has 3 rings (SSSR count). The molecule has 0 spiro atoms. The molecule has 2 N–H and O–H groups in total. The Morgan fingerprint density at radius 3 is 2.08 bits per heavy atom. The number of unbranched alkanes of at least 4 members (excludes halogenated alkanes) is 9. The normalized spacial score (nSPS) is 11.7. The Balaban J connectivity index is 1.32. The van der Waals surface area contributed by atoms with Crippen molar-refractivity contribution in [3.63, 3.8) is 0 Å². The van der Waals surface area contributed by atoms with Gasteiger partial charge in [0.05, 0.1) is 6.04 Å². The Hall–Kier alpha value is -3.67. The van der Waals surface area contributed by atoms with Crippen LogP contribution in [0.25, 0.3) is 10.8 Å². The number of nitrogens with one attached hydrogen (secondary N) is 2. The number of carbonyl (C=O) groups is 3. The summed E-state index contributed by atoms with van der Waals surface area (Å²) in [6, 6.07) is 20.3. The summed E-state index contributed by atoms with van der Waals surface area (Å²) in [7, 11) is 0. The molecule has 0 saturated heterocycles. The van der Waals surface area contributed by atoms with E-state index < -0.39 is 11.9 Å². The van der Waals surface area contributed by atoms with Gasteiger partial charge < -0.3 is 15.4 Å². The zero-order valence-electron chi connectivity index (χ0n) is 24.0. The maximum atomic E-state index is 12.4.